The number of carboxylic acids is 1. The van der Waals surface area contributed by atoms with Crippen LogP contribution in [0.25, 0.3) is 0 Å². The monoisotopic (exact) mass is 341 g/mol. The van der Waals surface area contributed by atoms with Gasteiger partial charge in [-0.05, 0) is 31.7 Å². The van der Waals surface area contributed by atoms with E-state index in [-0.39, 0.29) is 30.8 Å². The summed E-state index contributed by atoms with van der Waals surface area (Å²) in [7, 11) is 0. The highest BCUT2D eigenvalue weighted by Crippen LogP contribution is 2.27. The predicted octanol–water partition coefficient (Wildman–Crippen LogP) is 1.28. The van der Waals surface area contributed by atoms with Gasteiger partial charge in [0, 0.05) is 31.2 Å². The van der Waals surface area contributed by atoms with Gasteiger partial charge in [-0.1, -0.05) is 20.8 Å². The fraction of sp³-hybridized carbons (Fsp3) is 0.882. The Labute approximate surface area is 144 Å². The SMILES string of the molecule is CCN(CC(=O)O)C1CC(NC(=O)NCC2CCOC2C(C)C)C1. The Morgan fingerprint density at radius 2 is 2.04 bits per heavy atom. The lowest BCUT2D eigenvalue weighted by Gasteiger charge is -2.42. The average Bonchev–Trinajstić information content (AvgIpc) is 2.95. The van der Waals surface area contributed by atoms with Gasteiger partial charge in [0.05, 0.1) is 12.6 Å². The minimum absolute atomic E-state index is 0.0678. The molecule has 1 heterocycles. The molecule has 1 saturated carbocycles. The van der Waals surface area contributed by atoms with Crippen LogP contribution in [0.4, 0.5) is 4.79 Å². The van der Waals surface area contributed by atoms with Gasteiger partial charge in [0.15, 0.2) is 0 Å². The molecule has 2 amide bonds. The minimum Gasteiger partial charge on any atom is -0.480 e. The van der Waals surface area contributed by atoms with Crippen LogP contribution in [0.3, 0.4) is 0 Å². The molecule has 7 nitrogen and oxygen atoms in total. The predicted molar refractivity (Wildman–Crippen MR) is 90.9 cm³/mol. The zero-order valence-electron chi connectivity index (χ0n) is 15.0. The van der Waals surface area contributed by atoms with Crippen molar-refractivity contribution in [2.75, 3.05) is 26.2 Å². The van der Waals surface area contributed by atoms with Gasteiger partial charge in [-0.2, -0.15) is 0 Å². The molecule has 1 aliphatic carbocycles. The lowest BCUT2D eigenvalue weighted by molar-refractivity contribution is -0.139. The molecule has 2 atom stereocenters. The number of amides is 2. The summed E-state index contributed by atoms with van der Waals surface area (Å²) in [6, 6.07) is 0.262. The Morgan fingerprint density at radius 1 is 1.33 bits per heavy atom. The highest BCUT2D eigenvalue weighted by Gasteiger charge is 2.35. The second kappa shape index (κ2) is 8.67. The zero-order chi connectivity index (χ0) is 17.7. The molecule has 0 bridgehead atoms. The number of nitrogens with zero attached hydrogens (tertiary/aromatic N) is 1. The lowest BCUT2D eigenvalue weighted by Crippen LogP contribution is -2.56. The summed E-state index contributed by atoms with van der Waals surface area (Å²) in [6.45, 7) is 8.46. The third kappa shape index (κ3) is 5.08. The van der Waals surface area contributed by atoms with E-state index < -0.39 is 5.97 Å². The summed E-state index contributed by atoms with van der Waals surface area (Å²) < 4.78 is 5.73. The first-order valence-corrected chi connectivity index (χ1v) is 9.02. The number of hydrogen-bond donors (Lipinski definition) is 3. The first kappa shape index (κ1) is 19.0. The number of carboxylic acid groups (broad SMARTS) is 1. The highest BCUT2D eigenvalue weighted by atomic mass is 16.5. The van der Waals surface area contributed by atoms with E-state index in [1.807, 2.05) is 11.8 Å². The molecule has 0 spiro atoms. The van der Waals surface area contributed by atoms with Crippen LogP contribution in [-0.2, 0) is 9.53 Å². The largest absolute Gasteiger partial charge is 0.480 e. The topological polar surface area (TPSA) is 90.9 Å². The molecule has 2 aliphatic rings. The minimum atomic E-state index is -0.801. The summed E-state index contributed by atoms with van der Waals surface area (Å²) >= 11 is 0. The van der Waals surface area contributed by atoms with Gasteiger partial charge in [0.25, 0.3) is 0 Å². The number of hydrogen-bond acceptors (Lipinski definition) is 4. The third-order valence-corrected chi connectivity index (χ3v) is 5.15. The average molecular weight is 341 g/mol. The van der Waals surface area contributed by atoms with Crippen molar-refractivity contribution < 1.29 is 19.4 Å². The first-order chi connectivity index (χ1) is 11.4. The van der Waals surface area contributed by atoms with E-state index in [4.69, 9.17) is 9.84 Å². The van der Waals surface area contributed by atoms with E-state index in [9.17, 15) is 9.59 Å². The molecular weight excluding hydrogens is 310 g/mol. The van der Waals surface area contributed by atoms with Crippen molar-refractivity contribution in [1.82, 2.24) is 15.5 Å². The van der Waals surface area contributed by atoms with Crippen LogP contribution in [0.15, 0.2) is 0 Å². The number of likely N-dealkylation sites (N-methyl/N-ethyl adjacent to an activating group) is 1. The standard InChI is InChI=1S/C17H31N3O4/c1-4-20(10-15(21)22)14-7-13(8-14)19-17(23)18-9-12-5-6-24-16(12)11(2)3/h11-14,16H,4-10H2,1-3H3,(H,21,22)(H2,18,19,23). The number of aliphatic carboxylic acids is 1. The summed E-state index contributed by atoms with van der Waals surface area (Å²) in [5, 5.41) is 14.8. The number of nitrogens with one attached hydrogen (secondary N) is 2. The van der Waals surface area contributed by atoms with Gasteiger partial charge in [-0.15, -0.1) is 0 Å². The molecule has 0 aromatic heterocycles. The smallest absolute Gasteiger partial charge is 0.317 e. The Kier molecular flexibility index (Phi) is 6.86. The second-order valence-corrected chi connectivity index (χ2v) is 7.26. The van der Waals surface area contributed by atoms with Crippen molar-refractivity contribution in [3.05, 3.63) is 0 Å². The molecule has 1 saturated heterocycles. The molecule has 24 heavy (non-hydrogen) atoms. The van der Waals surface area contributed by atoms with Crippen LogP contribution in [0, 0.1) is 11.8 Å². The van der Waals surface area contributed by atoms with Gasteiger partial charge in [-0.25, -0.2) is 4.79 Å². The number of ether oxygens (including phenoxy) is 1. The van der Waals surface area contributed by atoms with Crippen LogP contribution < -0.4 is 10.6 Å². The molecular formula is C17H31N3O4. The molecule has 2 fully saturated rings. The van der Waals surface area contributed by atoms with E-state index in [1.165, 1.54) is 0 Å². The normalized spacial score (nSPS) is 29.5. The Balaban J connectivity index is 1.65. The zero-order valence-corrected chi connectivity index (χ0v) is 15.0. The maximum absolute atomic E-state index is 12.0. The van der Waals surface area contributed by atoms with Gasteiger partial charge in [0.1, 0.15) is 0 Å². The van der Waals surface area contributed by atoms with Crippen molar-refractivity contribution in [3.63, 3.8) is 0 Å². The van der Waals surface area contributed by atoms with E-state index in [1.54, 1.807) is 0 Å². The number of carbonyl (C=O) groups excluding carboxylic acids is 1. The van der Waals surface area contributed by atoms with Crippen molar-refractivity contribution >= 4 is 12.0 Å². The van der Waals surface area contributed by atoms with Crippen molar-refractivity contribution in [3.8, 4) is 0 Å². The molecule has 2 unspecified atom stereocenters. The summed E-state index contributed by atoms with van der Waals surface area (Å²) in [5.41, 5.74) is 0. The van der Waals surface area contributed by atoms with Crippen molar-refractivity contribution in [2.24, 2.45) is 11.8 Å². The third-order valence-electron chi connectivity index (χ3n) is 5.15. The van der Waals surface area contributed by atoms with Crippen LogP contribution in [0.5, 0.6) is 0 Å². The van der Waals surface area contributed by atoms with Crippen molar-refractivity contribution in [1.29, 1.82) is 0 Å². The molecule has 0 radical (unpaired) electrons. The molecule has 2 rings (SSSR count). The molecule has 7 heteroatoms. The molecule has 138 valence electrons. The first-order valence-electron chi connectivity index (χ1n) is 9.02. The molecule has 3 N–H and O–H groups in total. The lowest BCUT2D eigenvalue weighted by atomic mass is 9.85. The maximum atomic E-state index is 12.0. The Bertz CT molecular complexity index is 438. The Morgan fingerprint density at radius 3 is 2.62 bits per heavy atom. The van der Waals surface area contributed by atoms with Crippen LogP contribution in [0.1, 0.15) is 40.0 Å². The van der Waals surface area contributed by atoms with Gasteiger partial charge >= 0.3 is 12.0 Å². The maximum Gasteiger partial charge on any atom is 0.317 e. The quantitative estimate of drug-likeness (QED) is 0.619. The molecule has 0 aromatic rings. The van der Waals surface area contributed by atoms with E-state index in [2.05, 4.69) is 24.5 Å². The molecule has 1 aliphatic heterocycles. The van der Waals surface area contributed by atoms with Gasteiger partial charge in [0.2, 0.25) is 0 Å². The van der Waals surface area contributed by atoms with E-state index >= 15 is 0 Å². The Hall–Kier alpha value is -1.34. The second-order valence-electron chi connectivity index (χ2n) is 7.26. The summed E-state index contributed by atoms with van der Waals surface area (Å²) in [6.07, 6.45) is 2.85. The summed E-state index contributed by atoms with van der Waals surface area (Å²) in [4.78, 5) is 24.8. The van der Waals surface area contributed by atoms with Crippen LogP contribution in [0.2, 0.25) is 0 Å². The van der Waals surface area contributed by atoms with E-state index in [0.29, 0.717) is 24.9 Å². The van der Waals surface area contributed by atoms with Crippen LogP contribution in [-0.4, -0.2) is 66.4 Å². The van der Waals surface area contributed by atoms with Gasteiger partial charge in [-0.3, -0.25) is 9.69 Å². The van der Waals surface area contributed by atoms with Crippen molar-refractivity contribution in [2.45, 2.75) is 58.2 Å². The fourth-order valence-corrected chi connectivity index (χ4v) is 3.75. The fourth-order valence-electron chi connectivity index (χ4n) is 3.75. The van der Waals surface area contributed by atoms with Crippen LogP contribution >= 0.6 is 0 Å². The number of urea groups is 1. The number of carbonyl (C=O) groups is 2. The highest BCUT2D eigenvalue weighted by molar-refractivity contribution is 5.74. The molecule has 0 aromatic carbocycles. The van der Waals surface area contributed by atoms with E-state index in [0.717, 1.165) is 25.9 Å². The summed E-state index contributed by atoms with van der Waals surface area (Å²) in [5.74, 6) is 0.0459. The van der Waals surface area contributed by atoms with Gasteiger partial charge < -0.3 is 20.5 Å². The number of rotatable bonds is 8.